The molecule has 0 bridgehead atoms. The second-order valence-electron chi connectivity index (χ2n) is 7.30. The van der Waals surface area contributed by atoms with Crippen molar-refractivity contribution in [1.82, 2.24) is 14.6 Å². The van der Waals surface area contributed by atoms with Gasteiger partial charge in [0.1, 0.15) is 5.82 Å². The quantitative estimate of drug-likeness (QED) is 0.796. The van der Waals surface area contributed by atoms with E-state index in [0.717, 1.165) is 5.82 Å². The highest BCUT2D eigenvalue weighted by molar-refractivity contribution is 6.03. The number of rotatable bonds is 3. The third kappa shape index (κ3) is 3.63. The molecule has 0 aliphatic rings. The molecule has 6 nitrogen and oxygen atoms in total. The molecule has 1 amide bonds. The fraction of sp³-hybridized carbons (Fsp3) is 0.316. The molecule has 2 aromatic heterocycles. The van der Waals surface area contributed by atoms with Crippen LogP contribution in [0.3, 0.4) is 0 Å². The molecule has 3 rings (SSSR count). The van der Waals surface area contributed by atoms with E-state index < -0.39 is 0 Å². The Hall–Kier alpha value is -2.89. The van der Waals surface area contributed by atoms with Crippen LogP contribution >= 0.6 is 0 Å². The van der Waals surface area contributed by atoms with Crippen molar-refractivity contribution in [3.63, 3.8) is 0 Å². The van der Waals surface area contributed by atoms with Crippen LogP contribution in [0.4, 0.5) is 11.6 Å². The summed E-state index contributed by atoms with van der Waals surface area (Å²) in [6, 6.07) is 11.4. The topological polar surface area (TPSA) is 62.5 Å². The van der Waals surface area contributed by atoms with E-state index in [9.17, 15) is 4.79 Å². The summed E-state index contributed by atoms with van der Waals surface area (Å²) in [6.45, 7) is 6.44. The number of amides is 1. The van der Waals surface area contributed by atoms with E-state index in [1.54, 1.807) is 10.7 Å². The zero-order valence-corrected chi connectivity index (χ0v) is 15.2. The van der Waals surface area contributed by atoms with E-state index in [2.05, 4.69) is 36.2 Å². The average molecular weight is 337 g/mol. The first-order valence-corrected chi connectivity index (χ1v) is 8.20. The molecule has 0 fully saturated rings. The summed E-state index contributed by atoms with van der Waals surface area (Å²) >= 11 is 0. The summed E-state index contributed by atoms with van der Waals surface area (Å²) < 4.78 is 1.66. The molecule has 25 heavy (non-hydrogen) atoms. The van der Waals surface area contributed by atoms with Crippen LogP contribution in [-0.4, -0.2) is 34.6 Å². The van der Waals surface area contributed by atoms with Gasteiger partial charge >= 0.3 is 0 Å². The van der Waals surface area contributed by atoms with E-state index in [0.29, 0.717) is 17.0 Å². The number of nitrogens with zero attached hydrogens (tertiary/aromatic N) is 4. The Morgan fingerprint density at radius 3 is 2.36 bits per heavy atom. The number of carbonyl (C=O) groups is 1. The smallest absolute Gasteiger partial charge is 0.256 e. The van der Waals surface area contributed by atoms with Gasteiger partial charge in [-0.3, -0.25) is 4.79 Å². The van der Waals surface area contributed by atoms with Crippen molar-refractivity contribution in [2.24, 2.45) is 0 Å². The molecule has 130 valence electrons. The maximum atomic E-state index is 12.4. The molecule has 6 heteroatoms. The van der Waals surface area contributed by atoms with Gasteiger partial charge in [-0.05, 0) is 35.2 Å². The van der Waals surface area contributed by atoms with Crippen LogP contribution in [0.1, 0.15) is 36.7 Å². The first-order valence-electron chi connectivity index (χ1n) is 8.20. The predicted molar refractivity (Wildman–Crippen MR) is 100 cm³/mol. The van der Waals surface area contributed by atoms with Crippen molar-refractivity contribution in [2.45, 2.75) is 26.2 Å². The van der Waals surface area contributed by atoms with Crippen molar-refractivity contribution in [3.05, 3.63) is 53.7 Å². The molecule has 0 aliphatic heterocycles. The maximum absolute atomic E-state index is 12.4. The highest BCUT2D eigenvalue weighted by Crippen LogP contribution is 2.22. The number of anilines is 2. The van der Waals surface area contributed by atoms with Crippen molar-refractivity contribution >= 4 is 23.2 Å². The number of hydrogen-bond acceptors (Lipinski definition) is 4. The van der Waals surface area contributed by atoms with Crippen LogP contribution < -0.4 is 10.2 Å². The summed E-state index contributed by atoms with van der Waals surface area (Å²) in [5.41, 5.74) is 2.54. The number of imidazole rings is 1. The van der Waals surface area contributed by atoms with Gasteiger partial charge < -0.3 is 10.2 Å². The van der Waals surface area contributed by atoms with E-state index in [-0.39, 0.29) is 11.3 Å². The summed E-state index contributed by atoms with van der Waals surface area (Å²) in [4.78, 5) is 18.7. The maximum Gasteiger partial charge on any atom is 0.256 e. The third-order valence-corrected chi connectivity index (χ3v) is 4.02. The van der Waals surface area contributed by atoms with Crippen molar-refractivity contribution in [2.75, 3.05) is 24.3 Å². The van der Waals surface area contributed by atoms with Gasteiger partial charge in [-0.25, -0.2) is 9.50 Å². The van der Waals surface area contributed by atoms with Gasteiger partial charge in [0.05, 0.1) is 6.20 Å². The molecular formula is C19H23N5O. The lowest BCUT2D eigenvalue weighted by Crippen LogP contribution is -2.14. The molecule has 0 unspecified atom stereocenters. The van der Waals surface area contributed by atoms with Gasteiger partial charge in [0, 0.05) is 19.7 Å². The van der Waals surface area contributed by atoms with E-state index in [1.165, 1.54) is 5.56 Å². The summed E-state index contributed by atoms with van der Waals surface area (Å²) in [6.07, 6.45) is 1.71. The number of benzene rings is 1. The Bertz CT molecular complexity index is 904. The minimum Gasteiger partial charge on any atom is -0.361 e. The molecule has 0 saturated carbocycles. The molecule has 3 aromatic rings. The van der Waals surface area contributed by atoms with Crippen LogP contribution in [0, 0.1) is 0 Å². The normalized spacial score (nSPS) is 11.6. The fourth-order valence-corrected chi connectivity index (χ4v) is 2.48. The Morgan fingerprint density at radius 1 is 1.08 bits per heavy atom. The fourth-order valence-electron chi connectivity index (χ4n) is 2.48. The monoisotopic (exact) mass is 337 g/mol. The minimum absolute atomic E-state index is 0.0619. The van der Waals surface area contributed by atoms with Crippen molar-refractivity contribution in [3.8, 4) is 0 Å². The molecule has 2 heterocycles. The molecule has 0 spiro atoms. The Labute approximate surface area is 147 Å². The first-order chi connectivity index (χ1) is 11.7. The lowest BCUT2D eigenvalue weighted by molar-refractivity contribution is 0.102. The van der Waals surface area contributed by atoms with Gasteiger partial charge in [0.25, 0.3) is 5.91 Å². The van der Waals surface area contributed by atoms with Gasteiger partial charge in [0.15, 0.2) is 11.5 Å². The third-order valence-electron chi connectivity index (χ3n) is 4.02. The number of carbonyl (C=O) groups excluding carboxylic acids is 1. The molecule has 0 saturated heterocycles. The second-order valence-corrected chi connectivity index (χ2v) is 7.30. The number of aromatic nitrogens is 3. The zero-order valence-electron chi connectivity index (χ0n) is 15.2. The molecule has 0 radical (unpaired) electrons. The van der Waals surface area contributed by atoms with Crippen LogP contribution in [0.2, 0.25) is 0 Å². The van der Waals surface area contributed by atoms with Crippen molar-refractivity contribution in [1.29, 1.82) is 0 Å². The highest BCUT2D eigenvalue weighted by atomic mass is 16.1. The van der Waals surface area contributed by atoms with Gasteiger partial charge in [0.2, 0.25) is 0 Å². The number of hydrogen-bond donors (Lipinski definition) is 1. The van der Waals surface area contributed by atoms with E-state index in [4.69, 9.17) is 0 Å². The van der Waals surface area contributed by atoms with Crippen LogP contribution in [-0.2, 0) is 5.41 Å². The predicted octanol–water partition coefficient (Wildman–Crippen LogP) is 3.35. The largest absolute Gasteiger partial charge is 0.361 e. The second kappa shape index (κ2) is 6.20. The average Bonchev–Trinajstić information content (AvgIpc) is 2.95. The number of nitrogens with one attached hydrogen (secondary N) is 1. The zero-order chi connectivity index (χ0) is 18.2. The Kier molecular flexibility index (Phi) is 4.20. The highest BCUT2D eigenvalue weighted by Gasteiger charge is 2.15. The van der Waals surface area contributed by atoms with Gasteiger partial charge in [-0.15, -0.1) is 5.10 Å². The Balaban J connectivity index is 1.79. The van der Waals surface area contributed by atoms with Crippen LogP contribution in [0.15, 0.2) is 42.6 Å². The molecule has 0 atom stereocenters. The van der Waals surface area contributed by atoms with Gasteiger partial charge in [-0.1, -0.05) is 32.9 Å². The first kappa shape index (κ1) is 17.0. The lowest BCUT2D eigenvalue weighted by atomic mass is 9.87. The van der Waals surface area contributed by atoms with E-state index >= 15 is 0 Å². The lowest BCUT2D eigenvalue weighted by Gasteiger charge is -2.18. The SMILES string of the molecule is CN(C)c1ccc2nc(NC(=O)c3ccc(C(C)(C)C)cc3)cn2n1. The summed E-state index contributed by atoms with van der Waals surface area (Å²) in [5, 5.41) is 7.27. The summed E-state index contributed by atoms with van der Waals surface area (Å²) in [5.74, 6) is 1.12. The standard InChI is InChI=1S/C19H23N5O/c1-19(2,3)14-8-6-13(7-9-14)18(25)21-15-12-24-16(20-15)10-11-17(22-24)23(4)5/h6-12H,1-5H3,(H,21,25). The van der Waals surface area contributed by atoms with Crippen LogP contribution in [0.5, 0.6) is 0 Å². The minimum atomic E-state index is -0.184. The van der Waals surface area contributed by atoms with Crippen LogP contribution in [0.25, 0.3) is 5.65 Å². The number of fused-ring (bicyclic) bond motifs is 1. The molecule has 1 N–H and O–H groups in total. The molecular weight excluding hydrogens is 314 g/mol. The van der Waals surface area contributed by atoms with Gasteiger partial charge in [-0.2, -0.15) is 0 Å². The van der Waals surface area contributed by atoms with Crippen molar-refractivity contribution < 1.29 is 4.79 Å². The molecule has 0 aliphatic carbocycles. The molecule has 1 aromatic carbocycles. The summed E-state index contributed by atoms with van der Waals surface area (Å²) in [7, 11) is 3.85. The van der Waals surface area contributed by atoms with E-state index in [1.807, 2.05) is 55.4 Å². The Morgan fingerprint density at radius 2 is 1.76 bits per heavy atom.